The van der Waals surface area contributed by atoms with Crippen LogP contribution < -0.4 is 49.9 Å². The Bertz CT molecular complexity index is 1600. The van der Waals surface area contributed by atoms with E-state index in [0.29, 0.717) is 64.7 Å². The maximum atomic E-state index is 13.6. The van der Waals surface area contributed by atoms with Crippen molar-refractivity contribution in [2.75, 3.05) is 39.3 Å². The van der Waals surface area contributed by atoms with Crippen LogP contribution in [-0.2, 0) is 28.8 Å². The maximum Gasteiger partial charge on any atom is 0.246 e. The number of unbranched alkanes of at least 4 members (excludes halogenated alkanes) is 32. The van der Waals surface area contributed by atoms with Crippen LogP contribution in [0.5, 0.6) is 0 Å². The standard InChI is InChI=1S/C62H120N12O6/c1-3-5-7-9-11-13-15-17-19-21-23-25-27-29-31-33-35-43-55(75)68-49-39-51-74(52-40-50-69-56(76)44-36-34-32-30-28-26-24-22-20-18-16-14-12-10-8-6-4-2)58(78)46-45-57(77)72-54(42-38-48-71-62(66)67)60(80)73-53(59(63)79)41-37-47-70-61(64)65/h45-46,53-54H,3-44,47-52H2,1-2H3,(H2,63,79)(H,68,75)(H,69,76)(H,72,77)(H,73,80)(H4,64,65,70)(H4,66,67,71)/b46-45-/t53-,54-/m0/s1. The Labute approximate surface area is 486 Å². The lowest BCUT2D eigenvalue weighted by molar-refractivity contribution is -0.130. The summed E-state index contributed by atoms with van der Waals surface area (Å²) in [6.07, 6.45) is 48.7. The molecule has 0 spiro atoms. The molecular weight excluding hydrogens is 1010 g/mol. The second-order valence-electron chi connectivity index (χ2n) is 22.3. The van der Waals surface area contributed by atoms with Gasteiger partial charge in [-0.3, -0.25) is 38.8 Å². The van der Waals surface area contributed by atoms with E-state index in [9.17, 15) is 28.8 Å². The van der Waals surface area contributed by atoms with Gasteiger partial charge in [0.1, 0.15) is 12.1 Å². The molecule has 0 fully saturated rings. The fraction of sp³-hybridized carbons (Fsp3) is 0.839. The lowest BCUT2D eigenvalue weighted by Gasteiger charge is -2.22. The Hall–Kier alpha value is -4.90. The summed E-state index contributed by atoms with van der Waals surface area (Å²) < 4.78 is 0. The quantitative estimate of drug-likeness (QED) is 0.0120. The van der Waals surface area contributed by atoms with Gasteiger partial charge in [0, 0.05) is 64.3 Å². The highest BCUT2D eigenvalue weighted by Gasteiger charge is 2.25. The van der Waals surface area contributed by atoms with E-state index in [2.05, 4.69) is 45.1 Å². The zero-order chi connectivity index (χ0) is 58.9. The molecular formula is C62H120N12O6. The van der Waals surface area contributed by atoms with Gasteiger partial charge in [0.15, 0.2) is 11.9 Å². The van der Waals surface area contributed by atoms with E-state index >= 15 is 0 Å². The predicted molar refractivity (Wildman–Crippen MR) is 331 cm³/mol. The van der Waals surface area contributed by atoms with Gasteiger partial charge in [-0.15, -0.1) is 0 Å². The second-order valence-corrected chi connectivity index (χ2v) is 22.3. The van der Waals surface area contributed by atoms with Gasteiger partial charge >= 0.3 is 0 Å². The summed E-state index contributed by atoms with van der Waals surface area (Å²) in [7, 11) is 0. The van der Waals surface area contributed by atoms with Crippen molar-refractivity contribution in [3.05, 3.63) is 12.2 Å². The van der Waals surface area contributed by atoms with Crippen molar-refractivity contribution < 1.29 is 28.8 Å². The molecule has 0 unspecified atom stereocenters. The monoisotopic (exact) mass is 1130 g/mol. The van der Waals surface area contributed by atoms with Crippen molar-refractivity contribution in [2.45, 2.75) is 296 Å². The van der Waals surface area contributed by atoms with Crippen molar-refractivity contribution >= 4 is 47.4 Å². The molecule has 0 rings (SSSR count). The Morgan fingerprint density at radius 3 is 1.05 bits per heavy atom. The van der Waals surface area contributed by atoms with Crippen molar-refractivity contribution in [3.63, 3.8) is 0 Å². The topological polar surface area (TPSA) is 309 Å². The van der Waals surface area contributed by atoms with Gasteiger partial charge in [0.25, 0.3) is 0 Å². The molecule has 0 aliphatic rings. The highest BCUT2D eigenvalue weighted by molar-refractivity contribution is 5.99. The first-order valence-electron chi connectivity index (χ1n) is 32.3. The second kappa shape index (κ2) is 56.0. The first kappa shape index (κ1) is 75.1. The molecule has 0 saturated heterocycles. The summed E-state index contributed by atoms with van der Waals surface area (Å²) in [6, 6.07) is -2.17. The molecule has 14 N–H and O–H groups in total. The van der Waals surface area contributed by atoms with Crippen molar-refractivity contribution in [2.24, 2.45) is 38.7 Å². The van der Waals surface area contributed by atoms with Crippen LogP contribution in [0.3, 0.4) is 0 Å². The van der Waals surface area contributed by atoms with Crippen LogP contribution >= 0.6 is 0 Å². The minimum absolute atomic E-state index is 0.00677. The van der Waals surface area contributed by atoms with Crippen LogP contribution in [0.2, 0.25) is 0 Å². The summed E-state index contributed by atoms with van der Waals surface area (Å²) in [5.41, 5.74) is 27.3. The number of rotatable bonds is 58. The maximum absolute atomic E-state index is 13.6. The minimum atomic E-state index is -1.12. The fourth-order valence-corrected chi connectivity index (χ4v) is 9.83. The highest BCUT2D eigenvalue weighted by Crippen LogP contribution is 2.17. The summed E-state index contributed by atoms with van der Waals surface area (Å²) in [5, 5.41) is 11.2. The van der Waals surface area contributed by atoms with Gasteiger partial charge in [-0.2, -0.15) is 0 Å². The number of nitrogens with two attached hydrogens (primary N) is 5. The van der Waals surface area contributed by atoms with Crippen LogP contribution in [0.25, 0.3) is 0 Å². The fourth-order valence-electron chi connectivity index (χ4n) is 9.83. The third kappa shape index (κ3) is 51.3. The molecule has 0 heterocycles. The van der Waals surface area contributed by atoms with E-state index in [-0.39, 0.29) is 49.7 Å². The van der Waals surface area contributed by atoms with Crippen LogP contribution in [0, 0.1) is 0 Å². The SMILES string of the molecule is CCCCCCCCCCCCCCCCCCCC(=O)NCCCN(CCCNC(=O)CCCCCCCCCCCCCCCCCCC)C(=O)/C=C\C(=O)N[C@@H](CCCN=C(N)N)C(=O)N[C@@H](CCCN=C(N)N)C(N)=O. The summed E-state index contributed by atoms with van der Waals surface area (Å²) in [4.78, 5) is 87.5. The van der Waals surface area contributed by atoms with E-state index in [1.165, 1.54) is 180 Å². The number of hydrogen-bond donors (Lipinski definition) is 9. The largest absolute Gasteiger partial charge is 0.370 e. The van der Waals surface area contributed by atoms with Gasteiger partial charge < -0.3 is 54.8 Å². The minimum Gasteiger partial charge on any atom is -0.370 e. The first-order chi connectivity index (χ1) is 38.8. The molecule has 464 valence electrons. The first-order valence-corrected chi connectivity index (χ1v) is 32.3. The van der Waals surface area contributed by atoms with Gasteiger partial charge in [-0.25, -0.2) is 0 Å². The molecule has 18 nitrogen and oxygen atoms in total. The van der Waals surface area contributed by atoms with Gasteiger partial charge in [0.05, 0.1) is 0 Å². The molecule has 0 aliphatic heterocycles. The zero-order valence-corrected chi connectivity index (χ0v) is 50.9. The van der Waals surface area contributed by atoms with Crippen LogP contribution in [0.4, 0.5) is 0 Å². The number of carbonyl (C=O) groups is 6. The molecule has 0 saturated carbocycles. The Kier molecular flexibility index (Phi) is 52.6. The third-order valence-electron chi connectivity index (χ3n) is 14.7. The molecule has 0 aliphatic carbocycles. The average Bonchev–Trinajstić information content (AvgIpc) is 3.42. The average molecular weight is 1130 g/mol. The predicted octanol–water partition coefficient (Wildman–Crippen LogP) is 10.0. The molecule has 0 aromatic heterocycles. The Morgan fingerprint density at radius 2 is 0.725 bits per heavy atom. The van der Waals surface area contributed by atoms with E-state index in [0.717, 1.165) is 50.7 Å². The normalized spacial score (nSPS) is 11.9. The van der Waals surface area contributed by atoms with Gasteiger partial charge in [-0.05, 0) is 51.4 Å². The number of amides is 6. The lowest BCUT2D eigenvalue weighted by Crippen LogP contribution is -2.52. The van der Waals surface area contributed by atoms with Crippen LogP contribution in [0.15, 0.2) is 22.1 Å². The number of aliphatic imine (C=N–C) groups is 2. The van der Waals surface area contributed by atoms with Gasteiger partial charge in [0.2, 0.25) is 35.4 Å². The third-order valence-corrected chi connectivity index (χ3v) is 14.7. The van der Waals surface area contributed by atoms with Crippen LogP contribution in [-0.4, -0.2) is 104 Å². The van der Waals surface area contributed by atoms with E-state index in [1.807, 2.05) is 0 Å². The molecule has 0 aromatic carbocycles. The van der Waals surface area contributed by atoms with E-state index < -0.39 is 35.7 Å². The molecule has 0 radical (unpaired) electrons. The highest BCUT2D eigenvalue weighted by atomic mass is 16.2. The van der Waals surface area contributed by atoms with Crippen molar-refractivity contribution in [3.8, 4) is 0 Å². The lowest BCUT2D eigenvalue weighted by atomic mass is 10.0. The summed E-state index contributed by atoms with van der Waals surface area (Å²) >= 11 is 0. The molecule has 18 heteroatoms. The summed E-state index contributed by atoms with van der Waals surface area (Å²) in [6.45, 7) is 6.33. The van der Waals surface area contributed by atoms with E-state index in [4.69, 9.17) is 28.7 Å². The van der Waals surface area contributed by atoms with Crippen molar-refractivity contribution in [1.82, 2.24) is 26.2 Å². The molecule has 6 amide bonds. The number of nitrogens with one attached hydrogen (secondary N) is 4. The molecule has 0 aromatic rings. The number of nitrogens with zero attached hydrogens (tertiary/aromatic N) is 3. The smallest absolute Gasteiger partial charge is 0.246 e. The number of carbonyl (C=O) groups excluding carboxylic acids is 6. The number of guanidine groups is 2. The Morgan fingerprint density at radius 1 is 0.400 bits per heavy atom. The molecule has 80 heavy (non-hydrogen) atoms. The molecule has 0 bridgehead atoms. The van der Waals surface area contributed by atoms with Crippen LogP contribution in [0.1, 0.15) is 284 Å². The number of hydrogen-bond acceptors (Lipinski definition) is 8. The Balaban J connectivity index is 5.10. The number of primary amides is 1. The van der Waals surface area contributed by atoms with E-state index in [1.54, 1.807) is 4.90 Å². The van der Waals surface area contributed by atoms with Gasteiger partial charge in [-0.1, -0.05) is 219 Å². The zero-order valence-electron chi connectivity index (χ0n) is 50.9. The summed E-state index contributed by atoms with van der Waals surface area (Å²) in [5.74, 6) is -2.82. The molecule has 2 atom stereocenters. The van der Waals surface area contributed by atoms with Crippen molar-refractivity contribution in [1.29, 1.82) is 0 Å².